The largest absolute Gasteiger partial charge is 0.360 e. The van der Waals surface area contributed by atoms with Gasteiger partial charge in [0.2, 0.25) is 0 Å². The number of nitrogens with zero attached hydrogens (tertiary/aromatic N) is 1. The second-order valence-corrected chi connectivity index (χ2v) is 4.63. The molecule has 0 aliphatic heterocycles. The Kier molecular flexibility index (Phi) is 4.48. The predicted molar refractivity (Wildman–Crippen MR) is 80.5 cm³/mol. The maximum Gasteiger partial charge on any atom is 0.0646 e. The molecule has 1 nitrogen and oxygen atoms in total. The third-order valence-electron chi connectivity index (χ3n) is 3.01. The first-order valence-electron chi connectivity index (χ1n) is 6.07. The van der Waals surface area contributed by atoms with E-state index in [-0.39, 0.29) is 0 Å². The van der Waals surface area contributed by atoms with Crippen molar-refractivity contribution in [2.75, 3.05) is 0 Å². The normalized spacial score (nSPS) is 10.1. The van der Waals surface area contributed by atoms with Gasteiger partial charge in [-0.25, -0.2) is 0 Å². The first-order valence-corrected chi connectivity index (χ1v) is 6.54. The summed E-state index contributed by atoms with van der Waals surface area (Å²) in [6.07, 6.45) is 0. The van der Waals surface area contributed by atoms with E-state index in [0.717, 1.165) is 13.1 Å². The van der Waals surface area contributed by atoms with E-state index in [4.69, 9.17) is 12.2 Å². The Morgan fingerprint density at radius 3 is 2.28 bits per heavy atom. The van der Waals surface area contributed by atoms with Gasteiger partial charge in [-0.15, -0.1) is 0 Å². The molecular weight excluding hydrogens is 238 g/mol. The number of hydrogen-bond donors (Lipinski definition) is 0. The Morgan fingerprint density at radius 1 is 0.944 bits per heavy atom. The molecule has 0 aliphatic rings. The zero-order chi connectivity index (χ0) is 12.8. The lowest BCUT2D eigenvalue weighted by Crippen LogP contribution is -2.20. The summed E-state index contributed by atoms with van der Waals surface area (Å²) in [5.41, 5.74) is 5.67. The number of rotatable bonds is 5. The van der Waals surface area contributed by atoms with Gasteiger partial charge >= 0.3 is 0 Å². The molecule has 0 atom stereocenters. The van der Waals surface area contributed by atoms with E-state index in [1.807, 2.05) is 6.07 Å². The summed E-state index contributed by atoms with van der Waals surface area (Å²) in [4.78, 5) is 2.16. The van der Waals surface area contributed by atoms with Crippen LogP contribution < -0.4 is 0 Å². The molecule has 0 N–H and O–H groups in total. The number of benzene rings is 2. The number of thiocarbonyl (C=S) groups is 1. The summed E-state index contributed by atoms with van der Waals surface area (Å²) < 4.78 is 0. The minimum atomic E-state index is 0.860. The van der Waals surface area contributed by atoms with Gasteiger partial charge in [0.25, 0.3) is 0 Å². The molecule has 0 fully saturated rings. The van der Waals surface area contributed by atoms with Crippen molar-refractivity contribution in [3.63, 3.8) is 0 Å². The van der Waals surface area contributed by atoms with Gasteiger partial charge in [0.1, 0.15) is 0 Å². The van der Waals surface area contributed by atoms with Crippen LogP contribution >= 0.6 is 12.2 Å². The molecule has 0 radical (unpaired) electrons. The molecule has 0 aromatic heterocycles. The van der Waals surface area contributed by atoms with Crippen molar-refractivity contribution in [2.45, 2.75) is 20.0 Å². The molecule has 0 bridgehead atoms. The molecule has 18 heavy (non-hydrogen) atoms. The van der Waals surface area contributed by atoms with Gasteiger partial charge in [0.05, 0.1) is 5.49 Å². The van der Waals surface area contributed by atoms with E-state index >= 15 is 0 Å². The van der Waals surface area contributed by atoms with Gasteiger partial charge < -0.3 is 4.90 Å². The molecule has 2 heteroatoms. The van der Waals surface area contributed by atoms with Crippen molar-refractivity contribution < 1.29 is 0 Å². The minimum absolute atomic E-state index is 0.860. The van der Waals surface area contributed by atoms with Crippen LogP contribution in [0.5, 0.6) is 0 Å². The van der Waals surface area contributed by atoms with Crippen LogP contribution in [0.2, 0.25) is 0 Å². The van der Waals surface area contributed by atoms with Crippen LogP contribution in [0.4, 0.5) is 0 Å². The Hall–Kier alpha value is -1.67. The quantitative estimate of drug-likeness (QED) is 0.744. The Labute approximate surface area is 114 Å². The highest BCUT2D eigenvalue weighted by molar-refractivity contribution is 7.78. The Balaban J connectivity index is 2.07. The maximum atomic E-state index is 5.12. The van der Waals surface area contributed by atoms with Crippen molar-refractivity contribution in [1.82, 2.24) is 4.90 Å². The lowest BCUT2D eigenvalue weighted by Gasteiger charge is -2.20. The summed E-state index contributed by atoms with van der Waals surface area (Å²) in [7, 11) is 0. The topological polar surface area (TPSA) is 3.24 Å². The van der Waals surface area contributed by atoms with Crippen LogP contribution in [0.15, 0.2) is 54.6 Å². The molecule has 92 valence electrons. The van der Waals surface area contributed by atoms with Crippen molar-refractivity contribution in [1.29, 1.82) is 0 Å². The fourth-order valence-corrected chi connectivity index (χ4v) is 2.10. The molecule has 0 aliphatic carbocycles. The molecular formula is C16H17NS. The molecule has 2 rings (SSSR count). The monoisotopic (exact) mass is 255 g/mol. The van der Waals surface area contributed by atoms with E-state index in [9.17, 15) is 0 Å². The first kappa shape index (κ1) is 12.8. The number of aryl methyl sites for hydroxylation is 1. The number of hydrogen-bond acceptors (Lipinski definition) is 1. The van der Waals surface area contributed by atoms with Gasteiger partial charge in [0.15, 0.2) is 0 Å². The van der Waals surface area contributed by atoms with E-state index in [2.05, 4.69) is 60.4 Å². The van der Waals surface area contributed by atoms with Crippen LogP contribution in [-0.2, 0) is 13.1 Å². The van der Waals surface area contributed by atoms with Crippen molar-refractivity contribution >= 4 is 17.7 Å². The van der Waals surface area contributed by atoms with Gasteiger partial charge in [-0.3, -0.25) is 0 Å². The smallest absolute Gasteiger partial charge is 0.0646 e. The van der Waals surface area contributed by atoms with Gasteiger partial charge in [-0.1, -0.05) is 66.8 Å². The third kappa shape index (κ3) is 3.41. The Morgan fingerprint density at radius 2 is 1.61 bits per heavy atom. The minimum Gasteiger partial charge on any atom is -0.360 e. The van der Waals surface area contributed by atoms with Crippen molar-refractivity contribution in [3.05, 3.63) is 71.3 Å². The highest BCUT2D eigenvalue weighted by Gasteiger charge is 2.04. The fourth-order valence-electron chi connectivity index (χ4n) is 1.95. The van der Waals surface area contributed by atoms with E-state index in [0.29, 0.717) is 0 Å². The highest BCUT2D eigenvalue weighted by atomic mass is 32.1. The average molecular weight is 255 g/mol. The summed E-state index contributed by atoms with van der Waals surface area (Å²) in [6, 6.07) is 18.9. The fraction of sp³-hybridized carbons (Fsp3) is 0.188. The standard InChI is InChI=1S/C16H17NS/c1-14-7-5-6-10-16(14)12-17(13-18)11-15-8-3-2-4-9-15/h2-10,13H,11-12H2,1H3. The second kappa shape index (κ2) is 6.31. The lowest BCUT2D eigenvalue weighted by molar-refractivity contribution is 0.424. The zero-order valence-corrected chi connectivity index (χ0v) is 11.4. The van der Waals surface area contributed by atoms with E-state index in [1.165, 1.54) is 16.7 Å². The van der Waals surface area contributed by atoms with Crippen LogP contribution in [0.3, 0.4) is 0 Å². The van der Waals surface area contributed by atoms with Gasteiger partial charge in [-0.05, 0) is 23.6 Å². The zero-order valence-electron chi connectivity index (χ0n) is 10.5. The van der Waals surface area contributed by atoms with Crippen LogP contribution in [0.25, 0.3) is 0 Å². The predicted octanol–water partition coefficient (Wildman–Crippen LogP) is 3.95. The second-order valence-electron chi connectivity index (χ2n) is 4.42. The Bertz CT molecular complexity index is 508. The molecule has 0 amide bonds. The third-order valence-corrected chi connectivity index (χ3v) is 3.31. The summed E-state index contributed by atoms with van der Waals surface area (Å²) >= 11 is 5.12. The molecule has 2 aromatic rings. The lowest BCUT2D eigenvalue weighted by atomic mass is 10.1. The molecule has 0 saturated carbocycles. The average Bonchev–Trinajstić information content (AvgIpc) is 2.41. The molecule has 0 spiro atoms. The molecule has 2 aromatic carbocycles. The maximum absolute atomic E-state index is 5.12. The van der Waals surface area contributed by atoms with E-state index < -0.39 is 0 Å². The molecule has 0 saturated heterocycles. The van der Waals surface area contributed by atoms with Gasteiger partial charge in [-0.2, -0.15) is 0 Å². The molecule has 0 unspecified atom stereocenters. The van der Waals surface area contributed by atoms with Crippen molar-refractivity contribution in [3.8, 4) is 0 Å². The van der Waals surface area contributed by atoms with Crippen molar-refractivity contribution in [2.24, 2.45) is 0 Å². The summed E-state index contributed by atoms with van der Waals surface area (Å²) in [6.45, 7) is 3.86. The van der Waals surface area contributed by atoms with Gasteiger partial charge in [0, 0.05) is 13.1 Å². The summed E-state index contributed by atoms with van der Waals surface area (Å²) in [5, 5.41) is 0. The molecule has 0 heterocycles. The van der Waals surface area contributed by atoms with Crippen LogP contribution in [-0.4, -0.2) is 10.4 Å². The van der Waals surface area contributed by atoms with E-state index in [1.54, 1.807) is 5.49 Å². The van der Waals surface area contributed by atoms with Crippen LogP contribution in [0.1, 0.15) is 16.7 Å². The summed E-state index contributed by atoms with van der Waals surface area (Å²) in [5.74, 6) is 0. The first-order chi connectivity index (χ1) is 8.79. The highest BCUT2D eigenvalue weighted by Crippen LogP contribution is 2.12. The van der Waals surface area contributed by atoms with Crippen LogP contribution in [0, 0.1) is 6.92 Å². The SMILES string of the molecule is Cc1ccccc1CN(C=S)Cc1ccccc1.